The molecule has 1 aromatic heterocycles. The number of hydrogen-bond donors (Lipinski definition) is 0. The van der Waals surface area contributed by atoms with Crippen molar-refractivity contribution in [3.8, 4) is 23.9 Å². The number of nitriles is 4. The summed E-state index contributed by atoms with van der Waals surface area (Å²) in [5.74, 6) is 5.00. The number of imidazole rings is 1. The molecule has 0 aliphatic heterocycles. The number of ether oxygens (including phenoxy) is 1. The van der Waals surface area contributed by atoms with Gasteiger partial charge in [-0.05, 0) is 0 Å². The molecular formula is C13H13BN6O2. The summed E-state index contributed by atoms with van der Waals surface area (Å²) >= 11 is 0. The molecule has 110 valence electrons. The molecule has 0 aromatic carbocycles. The van der Waals surface area contributed by atoms with Gasteiger partial charge in [-0.2, -0.15) is 0 Å². The summed E-state index contributed by atoms with van der Waals surface area (Å²) in [4.78, 5) is 10.7. The van der Waals surface area contributed by atoms with Crippen LogP contribution in [0.4, 0.5) is 0 Å². The summed E-state index contributed by atoms with van der Waals surface area (Å²) in [6.45, 7) is 4.35. The largest absolute Gasteiger partial charge is 0.458 e. The van der Waals surface area contributed by atoms with E-state index in [-0.39, 0.29) is 5.97 Å². The first kappa shape index (κ1) is 18.4. The monoisotopic (exact) mass is 296 g/mol. The zero-order chi connectivity index (χ0) is 17.0. The molecule has 0 N–H and O–H groups in total. The maximum atomic E-state index is 10.7. The highest BCUT2D eigenvalue weighted by molar-refractivity contribution is 7.05. The summed E-state index contributed by atoms with van der Waals surface area (Å²) in [6, 6.07) is 0. The molecule has 22 heavy (non-hydrogen) atoms. The van der Waals surface area contributed by atoms with Crippen molar-refractivity contribution in [1.82, 2.24) is 4.57 Å². The molecular weight excluding hydrogens is 283 g/mol. The third-order valence-electron chi connectivity index (χ3n) is 2.36. The molecule has 1 rings (SSSR count). The van der Waals surface area contributed by atoms with Gasteiger partial charge in [0, 0.05) is 6.08 Å². The van der Waals surface area contributed by atoms with Gasteiger partial charge in [0.15, 0.2) is 0 Å². The van der Waals surface area contributed by atoms with Crippen LogP contribution in [0, 0.1) is 44.9 Å². The van der Waals surface area contributed by atoms with Gasteiger partial charge in [0.05, 0.1) is 7.05 Å². The van der Waals surface area contributed by atoms with E-state index in [2.05, 4.69) is 6.58 Å². The van der Waals surface area contributed by atoms with E-state index in [1.165, 1.54) is 23.9 Å². The molecule has 0 bridgehead atoms. The third-order valence-corrected chi connectivity index (χ3v) is 2.36. The number of carbonyl (C=O) groups excluding carboxylic acids is 1. The topological polar surface area (TPSA) is 130 Å². The first-order valence-electron chi connectivity index (χ1n) is 6.07. The Morgan fingerprint density at radius 1 is 1.32 bits per heavy atom. The Hall–Kier alpha value is -3.56. The van der Waals surface area contributed by atoms with E-state index >= 15 is 0 Å². The summed E-state index contributed by atoms with van der Waals surface area (Å²) in [5.41, 5.74) is 0. The molecule has 0 saturated heterocycles. The van der Waals surface area contributed by atoms with Crippen LogP contribution in [-0.2, 0) is 23.1 Å². The van der Waals surface area contributed by atoms with Crippen LogP contribution in [0.15, 0.2) is 31.4 Å². The molecule has 0 unspecified atom stereocenters. The molecule has 0 radical (unpaired) electrons. The second-order valence-electron chi connectivity index (χ2n) is 4.07. The molecule has 0 fully saturated rings. The lowest BCUT2D eigenvalue weighted by molar-refractivity contribution is -0.671. The van der Waals surface area contributed by atoms with E-state index in [9.17, 15) is 4.79 Å². The Morgan fingerprint density at radius 2 is 1.86 bits per heavy atom. The minimum Gasteiger partial charge on any atom is -0.458 e. The molecule has 0 aliphatic carbocycles. The number of nitrogens with zero attached hydrogens (tertiary/aromatic N) is 6. The molecule has 0 spiro atoms. The fraction of sp³-hybridized carbons (Fsp3) is 0.231. The zero-order valence-electron chi connectivity index (χ0n) is 12.0. The SMILES string of the molecule is C=CC(=O)OCCn1cc[n+](C)c1.N#C[B-](C#N)(C#N)C#N. The summed E-state index contributed by atoms with van der Waals surface area (Å²) in [5, 5.41) is 32.3. The van der Waals surface area contributed by atoms with Crippen LogP contribution in [0.3, 0.4) is 0 Å². The molecule has 9 heteroatoms. The Kier molecular flexibility index (Phi) is 7.85. The predicted molar refractivity (Wildman–Crippen MR) is 75.0 cm³/mol. The fourth-order valence-corrected chi connectivity index (χ4v) is 1.12. The van der Waals surface area contributed by atoms with Gasteiger partial charge in [-0.3, -0.25) is 0 Å². The fourth-order valence-electron chi connectivity index (χ4n) is 1.12. The minimum atomic E-state index is -2.72. The van der Waals surface area contributed by atoms with Crippen molar-refractivity contribution in [3.63, 3.8) is 0 Å². The maximum Gasteiger partial charge on any atom is 0.383 e. The minimum absolute atomic E-state index is 0.375. The Labute approximate surface area is 128 Å². The van der Waals surface area contributed by atoms with Crippen LogP contribution < -0.4 is 4.57 Å². The number of hydrogen-bond acceptors (Lipinski definition) is 6. The van der Waals surface area contributed by atoms with Gasteiger partial charge in [0.25, 0.3) is 0 Å². The van der Waals surface area contributed by atoms with Gasteiger partial charge in [-0.1, -0.05) is 6.58 Å². The van der Waals surface area contributed by atoms with Crippen LogP contribution in [0.1, 0.15) is 0 Å². The Morgan fingerprint density at radius 3 is 2.18 bits per heavy atom. The lowest BCUT2D eigenvalue weighted by Crippen LogP contribution is -2.26. The molecule has 0 aliphatic rings. The summed E-state index contributed by atoms with van der Waals surface area (Å²) in [7, 11) is 1.94. The molecule has 0 atom stereocenters. The smallest absolute Gasteiger partial charge is 0.383 e. The standard InChI is InChI=1S/C9H13N2O2.C4BN4/c1-3-9(12)13-7-6-11-5-4-10(2)8-11;6-1-5(2-7,3-8)4-9/h3-5,8H,1,6-7H2,2H3;/q+1;-1. The Bertz CT molecular complexity index is 636. The van der Waals surface area contributed by atoms with Crippen molar-refractivity contribution in [2.75, 3.05) is 6.61 Å². The third kappa shape index (κ3) is 6.06. The van der Waals surface area contributed by atoms with E-state index in [0.29, 0.717) is 13.2 Å². The quantitative estimate of drug-likeness (QED) is 0.325. The highest BCUT2D eigenvalue weighted by Gasteiger charge is 2.22. The van der Waals surface area contributed by atoms with Gasteiger partial charge < -0.3 is 4.74 Å². The first-order valence-corrected chi connectivity index (χ1v) is 6.07. The second-order valence-corrected chi connectivity index (χ2v) is 4.07. The molecule has 8 nitrogen and oxygen atoms in total. The Balaban J connectivity index is 0.000000433. The van der Waals surface area contributed by atoms with Crippen LogP contribution >= 0.6 is 0 Å². The van der Waals surface area contributed by atoms with Crippen LogP contribution in [0.25, 0.3) is 0 Å². The predicted octanol–water partition coefficient (Wildman–Crippen LogP) is -0.272. The van der Waals surface area contributed by atoms with Crippen LogP contribution in [-0.4, -0.2) is 23.3 Å². The zero-order valence-corrected chi connectivity index (χ0v) is 12.0. The second kappa shape index (κ2) is 9.36. The highest BCUT2D eigenvalue weighted by atomic mass is 16.5. The van der Waals surface area contributed by atoms with E-state index in [4.69, 9.17) is 25.8 Å². The van der Waals surface area contributed by atoms with Gasteiger partial charge in [0.1, 0.15) is 25.5 Å². The van der Waals surface area contributed by atoms with Crippen LogP contribution in [0.5, 0.6) is 0 Å². The lowest BCUT2D eigenvalue weighted by atomic mass is 9.30. The molecule has 1 aromatic rings. The number of rotatable bonds is 4. The normalized spacial score (nSPS) is 8.77. The highest BCUT2D eigenvalue weighted by Crippen LogP contribution is 1.92. The van der Waals surface area contributed by atoms with Crippen molar-refractivity contribution >= 4 is 12.1 Å². The first-order chi connectivity index (χ1) is 10.5. The van der Waals surface area contributed by atoms with E-state index < -0.39 is 6.15 Å². The summed E-state index contributed by atoms with van der Waals surface area (Å²) < 4.78 is 8.68. The van der Waals surface area contributed by atoms with Crippen molar-refractivity contribution in [1.29, 1.82) is 21.0 Å². The van der Waals surface area contributed by atoms with Gasteiger partial charge in [-0.15, -0.1) is 23.9 Å². The number of esters is 1. The van der Waals surface area contributed by atoms with E-state index in [1.54, 1.807) is 0 Å². The van der Waals surface area contributed by atoms with E-state index in [0.717, 1.165) is 6.08 Å². The average molecular weight is 296 g/mol. The average Bonchev–Trinajstić information content (AvgIpc) is 2.96. The van der Waals surface area contributed by atoms with Crippen molar-refractivity contribution in [2.45, 2.75) is 6.54 Å². The summed E-state index contributed by atoms with van der Waals surface area (Å²) in [6.07, 6.45) is 4.20. The van der Waals surface area contributed by atoms with Gasteiger partial charge in [0.2, 0.25) is 6.33 Å². The molecule has 0 amide bonds. The maximum absolute atomic E-state index is 10.7. The lowest BCUT2D eigenvalue weighted by Gasteiger charge is -1.98. The van der Waals surface area contributed by atoms with Gasteiger partial charge in [-0.25, -0.2) is 35.0 Å². The van der Waals surface area contributed by atoms with Crippen molar-refractivity contribution in [3.05, 3.63) is 31.4 Å². The van der Waals surface area contributed by atoms with E-state index in [1.807, 2.05) is 34.9 Å². The van der Waals surface area contributed by atoms with Gasteiger partial charge >= 0.3 is 12.1 Å². The molecule has 1 heterocycles. The van der Waals surface area contributed by atoms with Crippen molar-refractivity contribution in [2.24, 2.45) is 7.05 Å². The van der Waals surface area contributed by atoms with Crippen molar-refractivity contribution < 1.29 is 14.1 Å². The molecule has 0 saturated carbocycles. The number of carbonyl (C=O) groups is 1. The number of aryl methyl sites for hydroxylation is 1. The van der Waals surface area contributed by atoms with Crippen LogP contribution in [0.2, 0.25) is 0 Å². The number of aromatic nitrogens is 2.